The van der Waals surface area contributed by atoms with Gasteiger partial charge in [0.2, 0.25) is 0 Å². The molecule has 0 aromatic heterocycles. The molecule has 0 fully saturated rings. The number of alkyl halides is 1. The van der Waals surface area contributed by atoms with Gasteiger partial charge in [-0.05, 0) is 18.4 Å². The summed E-state index contributed by atoms with van der Waals surface area (Å²) in [7, 11) is 0. The molecular formula is C11H13Br. The molecule has 0 bridgehead atoms. The van der Waals surface area contributed by atoms with E-state index in [0.29, 0.717) is 0 Å². The van der Waals surface area contributed by atoms with Crippen LogP contribution >= 0.6 is 15.9 Å². The lowest BCUT2D eigenvalue weighted by atomic mass is 10.1. The number of rotatable bonds is 4. The molecule has 0 saturated carbocycles. The Morgan fingerprint density at radius 3 is 2.50 bits per heavy atom. The van der Waals surface area contributed by atoms with Crippen LogP contribution in [0.3, 0.4) is 0 Å². The molecule has 0 nitrogen and oxygen atoms in total. The van der Waals surface area contributed by atoms with Crippen LogP contribution < -0.4 is 0 Å². The van der Waals surface area contributed by atoms with Crippen LogP contribution in [0.2, 0.25) is 0 Å². The van der Waals surface area contributed by atoms with Gasteiger partial charge in [0.15, 0.2) is 0 Å². The number of benzene rings is 1. The topological polar surface area (TPSA) is 0 Å². The second-order valence-corrected chi connectivity index (χ2v) is 3.43. The summed E-state index contributed by atoms with van der Waals surface area (Å²) < 4.78 is 0. The fourth-order valence-corrected chi connectivity index (χ4v) is 1.28. The second kappa shape index (κ2) is 6.01. The maximum absolute atomic E-state index is 3.38. The minimum atomic E-state index is 1.05. The van der Waals surface area contributed by atoms with Gasteiger partial charge >= 0.3 is 0 Å². The standard InChI is InChI=1S/C11H13Br/c12-10-6-2-5-9-11-7-3-1-4-8-11/h1-5,7-8H,6,9-10H2/b5-2-. The van der Waals surface area contributed by atoms with Crippen molar-refractivity contribution >= 4 is 15.9 Å². The van der Waals surface area contributed by atoms with E-state index >= 15 is 0 Å². The van der Waals surface area contributed by atoms with Gasteiger partial charge < -0.3 is 0 Å². The Hall–Kier alpha value is -0.560. The maximum atomic E-state index is 3.38. The molecule has 12 heavy (non-hydrogen) atoms. The van der Waals surface area contributed by atoms with E-state index in [1.807, 2.05) is 6.07 Å². The Balaban J connectivity index is 2.33. The maximum Gasteiger partial charge on any atom is 0.00659 e. The Morgan fingerprint density at radius 2 is 1.83 bits per heavy atom. The van der Waals surface area contributed by atoms with Crippen molar-refractivity contribution in [2.45, 2.75) is 12.8 Å². The largest absolute Gasteiger partial charge is 0.0925 e. The first-order valence-corrected chi connectivity index (χ1v) is 5.30. The van der Waals surface area contributed by atoms with Gasteiger partial charge in [-0.25, -0.2) is 0 Å². The van der Waals surface area contributed by atoms with E-state index in [2.05, 4.69) is 52.3 Å². The molecule has 0 aliphatic carbocycles. The summed E-state index contributed by atoms with van der Waals surface area (Å²) in [6, 6.07) is 10.5. The molecule has 0 radical (unpaired) electrons. The van der Waals surface area contributed by atoms with E-state index < -0.39 is 0 Å². The number of halogens is 1. The first-order valence-electron chi connectivity index (χ1n) is 4.18. The van der Waals surface area contributed by atoms with Crippen molar-refractivity contribution in [2.24, 2.45) is 0 Å². The van der Waals surface area contributed by atoms with Crippen molar-refractivity contribution in [1.29, 1.82) is 0 Å². The first-order chi connectivity index (χ1) is 5.93. The van der Waals surface area contributed by atoms with Crippen molar-refractivity contribution in [3.05, 3.63) is 48.0 Å². The Morgan fingerprint density at radius 1 is 1.08 bits per heavy atom. The third kappa shape index (κ3) is 3.72. The SMILES string of the molecule is BrCC/C=C\Cc1ccccc1. The molecule has 0 atom stereocenters. The van der Waals surface area contributed by atoms with Gasteiger partial charge in [-0.1, -0.05) is 58.4 Å². The van der Waals surface area contributed by atoms with Crippen LogP contribution in [0.15, 0.2) is 42.5 Å². The zero-order valence-electron chi connectivity index (χ0n) is 7.04. The van der Waals surface area contributed by atoms with Gasteiger partial charge in [0.1, 0.15) is 0 Å². The van der Waals surface area contributed by atoms with Crippen LogP contribution in [-0.4, -0.2) is 5.33 Å². The van der Waals surface area contributed by atoms with Gasteiger partial charge in [-0.3, -0.25) is 0 Å². The third-order valence-electron chi connectivity index (χ3n) is 1.64. The lowest BCUT2D eigenvalue weighted by molar-refractivity contribution is 1.20. The molecule has 0 amide bonds. The van der Waals surface area contributed by atoms with Crippen LogP contribution in [-0.2, 0) is 6.42 Å². The minimum absolute atomic E-state index is 1.05. The smallest absolute Gasteiger partial charge is 0.00659 e. The van der Waals surface area contributed by atoms with Crippen molar-refractivity contribution < 1.29 is 0 Å². The van der Waals surface area contributed by atoms with E-state index in [-0.39, 0.29) is 0 Å². The van der Waals surface area contributed by atoms with Crippen molar-refractivity contribution in [3.8, 4) is 0 Å². The number of allylic oxidation sites excluding steroid dienone is 2. The molecule has 64 valence electrons. The van der Waals surface area contributed by atoms with E-state index in [1.54, 1.807) is 0 Å². The summed E-state index contributed by atoms with van der Waals surface area (Å²) in [5.74, 6) is 0. The predicted octanol–water partition coefficient (Wildman–Crippen LogP) is 3.57. The zero-order valence-corrected chi connectivity index (χ0v) is 8.63. The highest BCUT2D eigenvalue weighted by Crippen LogP contribution is 2.00. The molecule has 1 rings (SSSR count). The highest BCUT2D eigenvalue weighted by atomic mass is 79.9. The van der Waals surface area contributed by atoms with Gasteiger partial charge in [0.25, 0.3) is 0 Å². The van der Waals surface area contributed by atoms with E-state index in [9.17, 15) is 0 Å². The highest BCUT2D eigenvalue weighted by Gasteiger charge is 1.84. The molecule has 1 aromatic carbocycles. The Kier molecular flexibility index (Phi) is 4.77. The fourth-order valence-electron chi connectivity index (χ4n) is 1.01. The summed E-state index contributed by atoms with van der Waals surface area (Å²) in [4.78, 5) is 0. The van der Waals surface area contributed by atoms with Gasteiger partial charge in [-0.2, -0.15) is 0 Å². The molecule has 1 aromatic rings. The van der Waals surface area contributed by atoms with Crippen LogP contribution in [0.1, 0.15) is 12.0 Å². The van der Waals surface area contributed by atoms with Crippen LogP contribution in [0.4, 0.5) is 0 Å². The van der Waals surface area contributed by atoms with Crippen LogP contribution in [0.25, 0.3) is 0 Å². The molecule has 1 heteroatoms. The van der Waals surface area contributed by atoms with Gasteiger partial charge in [0, 0.05) is 5.33 Å². The van der Waals surface area contributed by atoms with Crippen molar-refractivity contribution in [2.75, 3.05) is 5.33 Å². The van der Waals surface area contributed by atoms with Crippen LogP contribution in [0.5, 0.6) is 0 Å². The second-order valence-electron chi connectivity index (χ2n) is 2.64. The molecule has 0 saturated heterocycles. The van der Waals surface area contributed by atoms with E-state index in [4.69, 9.17) is 0 Å². The summed E-state index contributed by atoms with van der Waals surface area (Å²) in [6.45, 7) is 0. The van der Waals surface area contributed by atoms with Crippen LogP contribution in [0, 0.1) is 0 Å². The average Bonchev–Trinajstić information content (AvgIpc) is 2.14. The van der Waals surface area contributed by atoms with E-state index in [0.717, 1.165) is 18.2 Å². The lowest BCUT2D eigenvalue weighted by Crippen LogP contribution is -1.78. The van der Waals surface area contributed by atoms with Gasteiger partial charge in [-0.15, -0.1) is 0 Å². The highest BCUT2D eigenvalue weighted by molar-refractivity contribution is 9.09. The Labute approximate surface area is 82.4 Å². The first kappa shape index (κ1) is 9.53. The summed E-state index contributed by atoms with van der Waals surface area (Å²) in [6.07, 6.45) is 6.60. The normalized spacial score (nSPS) is 10.8. The Bertz CT molecular complexity index is 226. The van der Waals surface area contributed by atoms with Gasteiger partial charge in [0.05, 0.1) is 0 Å². The minimum Gasteiger partial charge on any atom is -0.0925 e. The monoisotopic (exact) mass is 224 g/mol. The number of hydrogen-bond donors (Lipinski definition) is 0. The molecule has 0 aliphatic heterocycles. The van der Waals surface area contributed by atoms with Crippen molar-refractivity contribution in [1.82, 2.24) is 0 Å². The fraction of sp³-hybridized carbons (Fsp3) is 0.273. The molecule has 0 N–H and O–H groups in total. The summed E-state index contributed by atoms with van der Waals surface area (Å²) >= 11 is 3.38. The molecule has 0 aliphatic rings. The number of hydrogen-bond acceptors (Lipinski definition) is 0. The predicted molar refractivity (Wildman–Crippen MR) is 57.7 cm³/mol. The molecular weight excluding hydrogens is 212 g/mol. The van der Waals surface area contributed by atoms with Crippen molar-refractivity contribution in [3.63, 3.8) is 0 Å². The zero-order chi connectivity index (χ0) is 8.65. The quantitative estimate of drug-likeness (QED) is 0.542. The summed E-state index contributed by atoms with van der Waals surface area (Å²) in [5.41, 5.74) is 1.38. The lowest BCUT2D eigenvalue weighted by Gasteiger charge is -1.93. The average molecular weight is 225 g/mol. The molecule has 0 unspecified atom stereocenters. The molecule has 0 heterocycles. The van der Waals surface area contributed by atoms with E-state index in [1.165, 1.54) is 5.56 Å². The third-order valence-corrected chi connectivity index (χ3v) is 2.10. The molecule has 0 spiro atoms. The summed E-state index contributed by atoms with van der Waals surface area (Å²) in [5, 5.41) is 1.05.